The van der Waals surface area contributed by atoms with Crippen molar-refractivity contribution in [1.29, 1.82) is 0 Å². The molecule has 0 radical (unpaired) electrons. The molecule has 0 amide bonds. The van der Waals surface area contributed by atoms with Gasteiger partial charge < -0.3 is 0 Å². The van der Waals surface area contributed by atoms with Crippen molar-refractivity contribution >= 4 is 30.1 Å². The second kappa shape index (κ2) is 17.2. The number of rotatable bonds is 15. The predicted octanol–water partition coefficient (Wildman–Crippen LogP) is 5.68. The summed E-state index contributed by atoms with van der Waals surface area (Å²) >= 11 is -0.0893. The van der Waals surface area contributed by atoms with E-state index in [1.54, 1.807) is 0 Å². The van der Waals surface area contributed by atoms with Gasteiger partial charge in [-0.1, -0.05) is 11.6 Å². The van der Waals surface area contributed by atoms with E-state index in [2.05, 4.69) is 31.9 Å². The van der Waals surface area contributed by atoms with Gasteiger partial charge in [0.25, 0.3) is 0 Å². The van der Waals surface area contributed by atoms with Gasteiger partial charge in [0.1, 0.15) is 0 Å². The first kappa shape index (κ1) is 27.7. The summed E-state index contributed by atoms with van der Waals surface area (Å²) in [6.45, 7) is 4.19. The Hall–Kier alpha value is -2.34. The van der Waals surface area contributed by atoms with Gasteiger partial charge in [0.2, 0.25) is 0 Å². The van der Waals surface area contributed by atoms with Crippen LogP contribution in [-0.4, -0.2) is 32.7 Å². The van der Waals surface area contributed by atoms with Crippen molar-refractivity contribution in [3.63, 3.8) is 0 Å². The zero-order chi connectivity index (χ0) is 23.6. The van der Waals surface area contributed by atoms with Crippen molar-refractivity contribution in [2.75, 3.05) is 7.11 Å². The second-order valence-corrected chi connectivity index (χ2v) is 10.2. The number of methoxy groups -OCH3 is 1. The quantitative estimate of drug-likeness (QED) is 0.0779. The fourth-order valence-electron chi connectivity index (χ4n) is 3.16. The van der Waals surface area contributed by atoms with Crippen LogP contribution in [0, 0.1) is 12.3 Å². The molecule has 0 fully saturated rings. The van der Waals surface area contributed by atoms with E-state index < -0.39 is 0 Å². The van der Waals surface area contributed by atoms with Crippen molar-refractivity contribution in [3.8, 4) is 12.3 Å². The SMILES string of the molecule is C#CCC/C=C(\C)CC/C=C(\CC/C=C(\C)CCCC(=O)[Se]c1ccccc1)C(=O)OC. The number of carbonyl (C=O) groups excluding carboxylic acids is 2. The Bertz CT molecular complexity index is 841. The zero-order valence-electron chi connectivity index (χ0n) is 19.7. The number of unbranched alkanes of at least 4 members (excludes halogenated alkanes) is 1. The third-order valence-corrected chi connectivity index (χ3v) is 6.96. The number of ether oxygens (including phenoxy) is 1. The van der Waals surface area contributed by atoms with Crippen LogP contribution in [0.25, 0.3) is 0 Å². The average molecular weight is 500 g/mol. The summed E-state index contributed by atoms with van der Waals surface area (Å²) in [6.07, 6.45) is 18.9. The molecule has 1 rings (SSSR count). The number of terminal acetylenes is 1. The van der Waals surface area contributed by atoms with E-state index in [0.717, 1.165) is 55.0 Å². The molecule has 0 N–H and O–H groups in total. The number of hydrogen-bond acceptors (Lipinski definition) is 3. The summed E-state index contributed by atoms with van der Waals surface area (Å²) in [7, 11) is 1.43. The molecule has 1 aromatic carbocycles. The second-order valence-electron chi connectivity index (χ2n) is 7.78. The molecular weight excluding hydrogens is 463 g/mol. The van der Waals surface area contributed by atoms with E-state index in [0.29, 0.717) is 17.5 Å². The number of esters is 1. The van der Waals surface area contributed by atoms with Gasteiger partial charge in [0, 0.05) is 6.42 Å². The first-order valence-corrected chi connectivity index (χ1v) is 12.9. The Balaban J connectivity index is 2.40. The number of benzene rings is 1. The zero-order valence-corrected chi connectivity index (χ0v) is 21.4. The van der Waals surface area contributed by atoms with E-state index in [-0.39, 0.29) is 20.9 Å². The molecule has 0 heterocycles. The Kier molecular flexibility index (Phi) is 14.9. The van der Waals surface area contributed by atoms with Crippen LogP contribution in [0.2, 0.25) is 0 Å². The monoisotopic (exact) mass is 500 g/mol. The van der Waals surface area contributed by atoms with Gasteiger partial charge in [-0.2, -0.15) is 0 Å². The summed E-state index contributed by atoms with van der Waals surface area (Å²) in [5.41, 5.74) is 3.29. The molecule has 0 aliphatic heterocycles. The molecule has 0 unspecified atom stereocenters. The fraction of sp³-hybridized carbons (Fsp3) is 0.429. The number of allylic oxidation sites excluding steroid dienone is 5. The third-order valence-electron chi connectivity index (χ3n) is 4.99. The first-order valence-electron chi connectivity index (χ1n) is 11.2. The minimum absolute atomic E-state index is 0.0893. The number of hydrogen-bond donors (Lipinski definition) is 0. The van der Waals surface area contributed by atoms with Gasteiger partial charge in [-0.05, 0) is 13.3 Å². The molecular formula is C28H36O3Se. The summed E-state index contributed by atoms with van der Waals surface area (Å²) in [6, 6.07) is 9.97. The molecule has 0 atom stereocenters. The molecule has 0 bridgehead atoms. The Morgan fingerprint density at radius 2 is 1.59 bits per heavy atom. The van der Waals surface area contributed by atoms with Gasteiger partial charge in [0.15, 0.2) is 0 Å². The van der Waals surface area contributed by atoms with Crippen molar-refractivity contribution in [2.45, 2.75) is 71.6 Å². The predicted molar refractivity (Wildman–Crippen MR) is 135 cm³/mol. The van der Waals surface area contributed by atoms with Crippen LogP contribution < -0.4 is 4.46 Å². The van der Waals surface area contributed by atoms with Crippen LogP contribution >= 0.6 is 0 Å². The van der Waals surface area contributed by atoms with E-state index in [1.165, 1.54) is 18.3 Å². The van der Waals surface area contributed by atoms with E-state index >= 15 is 0 Å². The molecule has 172 valence electrons. The van der Waals surface area contributed by atoms with Crippen LogP contribution in [0.1, 0.15) is 71.6 Å². The average Bonchev–Trinajstić information content (AvgIpc) is 2.78. The van der Waals surface area contributed by atoms with Crippen LogP contribution in [0.15, 0.2) is 65.3 Å². The molecule has 32 heavy (non-hydrogen) atoms. The van der Waals surface area contributed by atoms with Crippen LogP contribution in [0.3, 0.4) is 0 Å². The molecule has 0 spiro atoms. The first-order chi connectivity index (χ1) is 15.5. The molecule has 0 aromatic heterocycles. The molecule has 1 aromatic rings. The van der Waals surface area contributed by atoms with Gasteiger partial charge in [0.05, 0.1) is 0 Å². The molecule has 0 aliphatic carbocycles. The van der Waals surface area contributed by atoms with Crippen molar-refractivity contribution in [2.24, 2.45) is 0 Å². The molecule has 0 saturated carbocycles. The maximum atomic E-state index is 12.2. The van der Waals surface area contributed by atoms with E-state index in [9.17, 15) is 9.59 Å². The maximum absolute atomic E-state index is 12.2. The molecule has 0 saturated heterocycles. The van der Waals surface area contributed by atoms with Gasteiger partial charge >= 0.3 is 157 Å². The Morgan fingerprint density at radius 3 is 2.28 bits per heavy atom. The van der Waals surface area contributed by atoms with Gasteiger partial charge in [-0.25, -0.2) is 0 Å². The van der Waals surface area contributed by atoms with E-state index in [4.69, 9.17) is 11.2 Å². The topological polar surface area (TPSA) is 43.4 Å². The normalized spacial score (nSPS) is 12.4. The van der Waals surface area contributed by atoms with E-state index in [1.807, 2.05) is 36.4 Å². The molecule has 4 heteroatoms. The fourth-order valence-corrected chi connectivity index (χ4v) is 4.84. The van der Waals surface area contributed by atoms with Crippen LogP contribution in [0.4, 0.5) is 0 Å². The van der Waals surface area contributed by atoms with Crippen molar-refractivity contribution in [3.05, 3.63) is 65.3 Å². The summed E-state index contributed by atoms with van der Waals surface area (Å²) in [5.74, 6) is 2.39. The third kappa shape index (κ3) is 13.2. The summed E-state index contributed by atoms with van der Waals surface area (Å²) < 4.78 is 6.43. The Labute approximate surface area is 200 Å². The van der Waals surface area contributed by atoms with Crippen molar-refractivity contribution in [1.82, 2.24) is 0 Å². The van der Waals surface area contributed by atoms with Crippen LogP contribution in [-0.2, 0) is 14.3 Å². The van der Waals surface area contributed by atoms with Crippen molar-refractivity contribution < 1.29 is 14.3 Å². The molecule has 3 nitrogen and oxygen atoms in total. The standard InChI is InChI=1S/C28H36O3Se/c1-5-6-8-14-23(2)15-11-18-25(28(30)31-4)19-12-16-24(3)17-13-22-27(29)32-26-20-9-7-10-21-26/h1,7,9-10,14,16,18,20-21H,6,8,11-13,15,17,19,22H2,2-4H3/b23-14+,24-16+,25-18+. The van der Waals surface area contributed by atoms with Gasteiger partial charge in [-0.15, -0.1) is 12.3 Å². The Morgan fingerprint density at radius 1 is 0.938 bits per heavy atom. The molecule has 0 aliphatic rings. The van der Waals surface area contributed by atoms with Gasteiger partial charge in [-0.3, -0.25) is 0 Å². The minimum atomic E-state index is -0.251. The summed E-state index contributed by atoms with van der Waals surface area (Å²) in [5, 5.41) is 0. The van der Waals surface area contributed by atoms with Crippen LogP contribution in [0.5, 0.6) is 0 Å². The number of carbonyl (C=O) groups is 2. The summed E-state index contributed by atoms with van der Waals surface area (Å²) in [4.78, 5) is 24.3.